The Bertz CT molecular complexity index is 776. The van der Waals surface area contributed by atoms with Gasteiger partial charge in [0.1, 0.15) is 5.82 Å². The molecular weight excluding hydrogens is 245 g/mol. The fourth-order valence-electron chi connectivity index (χ4n) is 2.27. The Morgan fingerprint density at radius 1 is 1.26 bits per heavy atom. The van der Waals surface area contributed by atoms with Gasteiger partial charge in [-0.05, 0) is 31.2 Å². The van der Waals surface area contributed by atoms with Crippen molar-refractivity contribution in [2.45, 2.75) is 6.92 Å². The first-order valence-corrected chi connectivity index (χ1v) is 6.08. The fraction of sp³-hybridized carbons (Fsp3) is 0.133. The van der Waals surface area contributed by atoms with Crippen LogP contribution in [0.4, 0.5) is 4.39 Å². The number of carbonyl (C=O) groups excluding carboxylic acids is 1. The highest BCUT2D eigenvalue weighted by Crippen LogP contribution is 2.28. The number of esters is 1. The van der Waals surface area contributed by atoms with Gasteiger partial charge in [-0.1, -0.05) is 12.1 Å². The summed E-state index contributed by atoms with van der Waals surface area (Å²) in [4.78, 5) is 15.0. The summed E-state index contributed by atoms with van der Waals surface area (Å²) in [5.74, 6) is -0.671. The molecule has 1 aromatic heterocycles. The van der Waals surface area contributed by atoms with Crippen molar-refractivity contribution in [2.24, 2.45) is 0 Å². The zero-order valence-electron chi connectivity index (χ0n) is 10.4. The van der Waals surface area contributed by atoms with E-state index in [0.717, 1.165) is 16.3 Å². The van der Waals surface area contributed by atoms with Gasteiger partial charge >= 0.3 is 5.97 Å². The van der Waals surface area contributed by atoms with Gasteiger partial charge in [-0.25, -0.2) is 9.18 Å². The smallest absolute Gasteiger partial charge is 0.340 e. The lowest BCUT2D eigenvalue weighted by Crippen LogP contribution is -2.05. The summed E-state index contributed by atoms with van der Waals surface area (Å²) in [5.41, 5.74) is 1.95. The number of aromatic amines is 1. The number of aromatic nitrogens is 1. The van der Waals surface area contributed by atoms with Crippen LogP contribution in [0.25, 0.3) is 21.8 Å². The van der Waals surface area contributed by atoms with Crippen LogP contribution in [0.3, 0.4) is 0 Å². The average molecular weight is 257 g/mol. The largest absolute Gasteiger partial charge is 0.462 e. The highest BCUT2D eigenvalue weighted by Gasteiger charge is 2.14. The van der Waals surface area contributed by atoms with Crippen LogP contribution in [-0.4, -0.2) is 17.6 Å². The predicted molar refractivity (Wildman–Crippen MR) is 71.7 cm³/mol. The Morgan fingerprint density at radius 2 is 2.11 bits per heavy atom. The van der Waals surface area contributed by atoms with E-state index < -0.39 is 0 Å². The summed E-state index contributed by atoms with van der Waals surface area (Å²) in [5, 5.41) is 1.58. The van der Waals surface area contributed by atoms with E-state index in [4.69, 9.17) is 4.74 Å². The normalized spacial score (nSPS) is 11.1. The molecule has 0 aliphatic rings. The molecule has 0 saturated heterocycles. The van der Waals surface area contributed by atoms with Crippen molar-refractivity contribution >= 4 is 27.8 Å². The van der Waals surface area contributed by atoms with E-state index in [-0.39, 0.29) is 11.8 Å². The molecule has 0 saturated carbocycles. The molecule has 2 aromatic carbocycles. The lowest BCUT2D eigenvalue weighted by molar-refractivity contribution is 0.0528. The first-order chi connectivity index (χ1) is 9.20. The van der Waals surface area contributed by atoms with Gasteiger partial charge in [0, 0.05) is 16.3 Å². The zero-order valence-corrected chi connectivity index (χ0v) is 10.4. The van der Waals surface area contributed by atoms with Crippen molar-refractivity contribution in [1.82, 2.24) is 4.98 Å². The number of ether oxygens (including phenoxy) is 1. The van der Waals surface area contributed by atoms with Crippen molar-refractivity contribution < 1.29 is 13.9 Å². The van der Waals surface area contributed by atoms with Crippen LogP contribution in [-0.2, 0) is 4.74 Å². The monoisotopic (exact) mass is 257 g/mol. The van der Waals surface area contributed by atoms with E-state index in [0.29, 0.717) is 17.7 Å². The average Bonchev–Trinajstić information content (AvgIpc) is 2.77. The molecule has 0 aliphatic heterocycles. The molecule has 0 spiro atoms. The molecule has 0 aliphatic carbocycles. The van der Waals surface area contributed by atoms with Crippen molar-refractivity contribution in [3.8, 4) is 0 Å². The SMILES string of the molecule is CCOC(=O)c1cccc2c1[nH]c1ccc(F)cc12. The lowest BCUT2D eigenvalue weighted by Gasteiger charge is -2.02. The fourth-order valence-corrected chi connectivity index (χ4v) is 2.27. The van der Waals surface area contributed by atoms with Gasteiger partial charge in [0.15, 0.2) is 0 Å². The number of H-pyrrole nitrogens is 1. The van der Waals surface area contributed by atoms with E-state index >= 15 is 0 Å². The van der Waals surface area contributed by atoms with Crippen LogP contribution >= 0.6 is 0 Å². The van der Waals surface area contributed by atoms with E-state index in [1.165, 1.54) is 12.1 Å². The first kappa shape index (κ1) is 11.7. The standard InChI is InChI=1S/C15H12FNO2/c1-2-19-15(18)11-5-3-4-10-12-8-9(16)6-7-13(12)17-14(10)11/h3-8,17H,2H2,1H3. The Kier molecular flexibility index (Phi) is 2.71. The number of halogens is 1. The minimum Gasteiger partial charge on any atom is -0.462 e. The van der Waals surface area contributed by atoms with Gasteiger partial charge in [0.05, 0.1) is 17.7 Å². The Balaban J connectivity index is 2.31. The molecule has 3 rings (SSSR count). The summed E-state index contributed by atoms with van der Waals surface area (Å²) in [6, 6.07) is 9.85. The minimum atomic E-state index is -0.375. The highest BCUT2D eigenvalue weighted by atomic mass is 19.1. The molecule has 0 bridgehead atoms. The van der Waals surface area contributed by atoms with Crippen molar-refractivity contribution in [3.05, 3.63) is 47.8 Å². The molecule has 0 amide bonds. The molecule has 0 unspecified atom stereocenters. The summed E-state index contributed by atoms with van der Waals surface area (Å²) in [6.07, 6.45) is 0. The van der Waals surface area contributed by atoms with E-state index in [2.05, 4.69) is 4.98 Å². The second-order valence-electron chi connectivity index (χ2n) is 4.26. The third-order valence-corrected chi connectivity index (χ3v) is 3.09. The summed E-state index contributed by atoms with van der Waals surface area (Å²) < 4.78 is 18.3. The molecule has 0 fully saturated rings. The number of hydrogen-bond acceptors (Lipinski definition) is 2. The highest BCUT2D eigenvalue weighted by molar-refractivity contribution is 6.13. The summed E-state index contributed by atoms with van der Waals surface area (Å²) >= 11 is 0. The molecule has 96 valence electrons. The van der Waals surface area contributed by atoms with Gasteiger partial charge in [-0.3, -0.25) is 0 Å². The summed E-state index contributed by atoms with van der Waals surface area (Å²) in [6.45, 7) is 2.09. The van der Waals surface area contributed by atoms with Crippen LogP contribution < -0.4 is 0 Å². The van der Waals surface area contributed by atoms with Gasteiger partial charge < -0.3 is 9.72 Å². The molecule has 4 heteroatoms. The number of carbonyl (C=O) groups is 1. The van der Waals surface area contributed by atoms with E-state index in [9.17, 15) is 9.18 Å². The Labute approximate surface area is 109 Å². The number of rotatable bonds is 2. The maximum absolute atomic E-state index is 13.3. The molecule has 3 nitrogen and oxygen atoms in total. The van der Waals surface area contributed by atoms with E-state index in [1.54, 1.807) is 25.1 Å². The number of para-hydroxylation sites is 1. The molecule has 0 radical (unpaired) electrons. The number of fused-ring (bicyclic) bond motifs is 3. The van der Waals surface area contributed by atoms with Crippen molar-refractivity contribution in [1.29, 1.82) is 0 Å². The maximum atomic E-state index is 13.3. The van der Waals surface area contributed by atoms with Gasteiger partial charge in [-0.15, -0.1) is 0 Å². The first-order valence-electron chi connectivity index (χ1n) is 6.08. The third kappa shape index (κ3) is 1.85. The van der Waals surface area contributed by atoms with Crippen molar-refractivity contribution in [2.75, 3.05) is 6.61 Å². The Hall–Kier alpha value is -2.36. The zero-order chi connectivity index (χ0) is 13.4. The number of nitrogens with one attached hydrogen (secondary N) is 1. The van der Waals surface area contributed by atoms with Crippen LogP contribution in [0, 0.1) is 5.82 Å². The van der Waals surface area contributed by atoms with Gasteiger partial charge in [0.25, 0.3) is 0 Å². The van der Waals surface area contributed by atoms with Crippen molar-refractivity contribution in [3.63, 3.8) is 0 Å². The lowest BCUT2D eigenvalue weighted by atomic mass is 10.1. The van der Waals surface area contributed by atoms with Gasteiger partial charge in [0.2, 0.25) is 0 Å². The van der Waals surface area contributed by atoms with E-state index in [1.807, 2.05) is 6.07 Å². The molecule has 1 heterocycles. The molecular formula is C15H12FNO2. The second-order valence-corrected chi connectivity index (χ2v) is 4.26. The number of hydrogen-bond donors (Lipinski definition) is 1. The summed E-state index contributed by atoms with van der Waals surface area (Å²) in [7, 11) is 0. The predicted octanol–water partition coefficient (Wildman–Crippen LogP) is 3.64. The Morgan fingerprint density at radius 3 is 2.89 bits per heavy atom. The minimum absolute atomic E-state index is 0.296. The van der Waals surface area contributed by atoms with Crippen LogP contribution in [0.5, 0.6) is 0 Å². The second kappa shape index (κ2) is 4.39. The molecule has 3 aromatic rings. The molecule has 1 N–H and O–H groups in total. The third-order valence-electron chi connectivity index (χ3n) is 3.09. The van der Waals surface area contributed by atoms with Gasteiger partial charge in [-0.2, -0.15) is 0 Å². The van der Waals surface area contributed by atoms with Crippen LogP contribution in [0.1, 0.15) is 17.3 Å². The molecule has 19 heavy (non-hydrogen) atoms. The quantitative estimate of drug-likeness (QED) is 0.712. The topological polar surface area (TPSA) is 42.1 Å². The van der Waals surface area contributed by atoms with Crippen LogP contribution in [0.15, 0.2) is 36.4 Å². The maximum Gasteiger partial charge on any atom is 0.340 e. The van der Waals surface area contributed by atoms with Crippen LogP contribution in [0.2, 0.25) is 0 Å². The molecule has 0 atom stereocenters. The number of benzene rings is 2.